The average Bonchev–Trinajstić information content (AvgIpc) is 2.96. The van der Waals surface area contributed by atoms with Crippen molar-refractivity contribution >= 4 is 17.7 Å². The first-order valence-electron chi connectivity index (χ1n) is 9.01. The number of carbonyl (C=O) groups is 3. The Morgan fingerprint density at radius 1 is 1.04 bits per heavy atom. The highest BCUT2D eigenvalue weighted by atomic mass is 16.5. The fraction of sp³-hybridized carbons (Fsp3) is 0.381. The van der Waals surface area contributed by atoms with Gasteiger partial charge in [-0.15, -0.1) is 0 Å². The van der Waals surface area contributed by atoms with Gasteiger partial charge in [0, 0.05) is 5.69 Å². The molecule has 6 heteroatoms. The van der Waals surface area contributed by atoms with Crippen LogP contribution in [-0.2, 0) is 14.3 Å². The molecule has 1 heterocycles. The molecule has 1 N–H and O–H groups in total. The lowest BCUT2D eigenvalue weighted by Crippen LogP contribution is -2.20. The van der Waals surface area contributed by atoms with Crippen LogP contribution in [0.2, 0.25) is 0 Å². The summed E-state index contributed by atoms with van der Waals surface area (Å²) in [5.41, 5.74) is 2.52. The van der Waals surface area contributed by atoms with Crippen LogP contribution in [0.1, 0.15) is 63.9 Å². The number of ether oxygens (including phenoxy) is 2. The number of aryl methyl sites for hydroxylation is 1. The van der Waals surface area contributed by atoms with Gasteiger partial charge in [-0.25, -0.2) is 4.79 Å². The summed E-state index contributed by atoms with van der Waals surface area (Å²) in [5.74, 6) is -1.72. The third kappa shape index (κ3) is 4.64. The van der Waals surface area contributed by atoms with E-state index < -0.39 is 17.9 Å². The molecule has 0 aliphatic carbocycles. The number of benzene rings is 1. The van der Waals surface area contributed by atoms with Crippen molar-refractivity contribution in [3.63, 3.8) is 0 Å². The van der Waals surface area contributed by atoms with Crippen LogP contribution in [0.25, 0.3) is 0 Å². The summed E-state index contributed by atoms with van der Waals surface area (Å²) in [6.07, 6.45) is 0.574. The van der Waals surface area contributed by atoms with E-state index >= 15 is 0 Å². The molecule has 0 saturated carbocycles. The average molecular weight is 371 g/mol. The summed E-state index contributed by atoms with van der Waals surface area (Å²) in [4.78, 5) is 39.8. The predicted octanol–water partition coefficient (Wildman–Crippen LogP) is 3.73. The number of aromatic nitrogens is 1. The molecule has 0 saturated heterocycles. The topological polar surface area (TPSA) is 85.5 Å². The van der Waals surface area contributed by atoms with Crippen molar-refractivity contribution in [1.29, 1.82) is 0 Å². The van der Waals surface area contributed by atoms with Crippen LogP contribution in [0.5, 0.6) is 0 Å². The van der Waals surface area contributed by atoms with Gasteiger partial charge in [0.25, 0.3) is 0 Å². The maximum absolute atomic E-state index is 12.5. The Labute approximate surface area is 158 Å². The molecule has 1 aromatic carbocycles. The lowest BCUT2D eigenvalue weighted by molar-refractivity contribution is -0.144. The molecule has 2 aromatic rings. The Hall–Kier alpha value is -2.89. The first-order chi connectivity index (χ1) is 12.9. The van der Waals surface area contributed by atoms with Crippen molar-refractivity contribution in [2.75, 3.05) is 13.2 Å². The molecular formula is C21H25NO5. The Morgan fingerprint density at radius 2 is 1.70 bits per heavy atom. The molecule has 27 heavy (non-hydrogen) atoms. The highest BCUT2D eigenvalue weighted by Crippen LogP contribution is 2.22. The summed E-state index contributed by atoms with van der Waals surface area (Å²) >= 11 is 0. The standard InChI is InChI=1S/C21H25NO5/c1-5-16(15-10-8-7-9-11-15)20(24)27-12-17(23)19-13(3)18(14(4)22-19)21(25)26-6-2/h7-11,16,22H,5-6,12H2,1-4H3/t16-/m1/s1. The van der Waals surface area contributed by atoms with Crippen molar-refractivity contribution < 1.29 is 23.9 Å². The minimum Gasteiger partial charge on any atom is -0.462 e. The monoisotopic (exact) mass is 371 g/mol. The summed E-state index contributed by atoms with van der Waals surface area (Å²) in [6.45, 7) is 6.85. The molecule has 0 fully saturated rings. The molecule has 0 bridgehead atoms. The second-order valence-corrected chi connectivity index (χ2v) is 6.25. The Balaban J connectivity index is 2.08. The van der Waals surface area contributed by atoms with Gasteiger partial charge in [0.05, 0.1) is 23.8 Å². The predicted molar refractivity (Wildman–Crippen MR) is 101 cm³/mol. The van der Waals surface area contributed by atoms with Gasteiger partial charge in [0.1, 0.15) is 0 Å². The molecule has 0 amide bonds. The smallest absolute Gasteiger partial charge is 0.340 e. The first-order valence-corrected chi connectivity index (χ1v) is 9.01. The van der Waals surface area contributed by atoms with E-state index in [1.807, 2.05) is 37.3 Å². The second-order valence-electron chi connectivity index (χ2n) is 6.25. The van der Waals surface area contributed by atoms with Crippen molar-refractivity contribution in [2.45, 2.75) is 40.0 Å². The van der Waals surface area contributed by atoms with E-state index in [0.29, 0.717) is 23.2 Å². The maximum Gasteiger partial charge on any atom is 0.340 e. The number of rotatable bonds is 8. The molecule has 6 nitrogen and oxygen atoms in total. The number of carbonyl (C=O) groups excluding carboxylic acids is 3. The molecule has 144 valence electrons. The zero-order valence-electron chi connectivity index (χ0n) is 16.1. The SMILES string of the molecule is CCOC(=O)c1c(C)[nH]c(C(=O)COC(=O)[C@H](CC)c2ccccc2)c1C. The van der Waals surface area contributed by atoms with Crippen LogP contribution in [0, 0.1) is 13.8 Å². The van der Waals surface area contributed by atoms with E-state index in [9.17, 15) is 14.4 Å². The van der Waals surface area contributed by atoms with Gasteiger partial charge in [-0.1, -0.05) is 37.3 Å². The number of nitrogens with one attached hydrogen (secondary N) is 1. The summed E-state index contributed by atoms with van der Waals surface area (Å²) in [6, 6.07) is 9.32. The van der Waals surface area contributed by atoms with Crippen molar-refractivity contribution in [3.05, 3.63) is 58.4 Å². The number of hydrogen-bond donors (Lipinski definition) is 1. The largest absolute Gasteiger partial charge is 0.462 e. The van der Waals surface area contributed by atoms with E-state index in [-0.39, 0.29) is 24.7 Å². The lowest BCUT2D eigenvalue weighted by Gasteiger charge is -2.14. The minimum absolute atomic E-state index is 0.252. The highest BCUT2D eigenvalue weighted by Gasteiger charge is 2.25. The normalized spacial score (nSPS) is 11.7. The molecule has 0 spiro atoms. The van der Waals surface area contributed by atoms with Crippen molar-refractivity contribution in [1.82, 2.24) is 4.98 Å². The van der Waals surface area contributed by atoms with E-state index in [1.54, 1.807) is 20.8 Å². The van der Waals surface area contributed by atoms with Gasteiger partial charge in [-0.3, -0.25) is 9.59 Å². The van der Waals surface area contributed by atoms with Crippen LogP contribution >= 0.6 is 0 Å². The minimum atomic E-state index is -0.477. The molecule has 0 unspecified atom stereocenters. The number of H-pyrrole nitrogens is 1. The quantitative estimate of drug-likeness (QED) is 0.564. The van der Waals surface area contributed by atoms with E-state index in [4.69, 9.17) is 9.47 Å². The van der Waals surface area contributed by atoms with Crippen LogP contribution in [0.15, 0.2) is 30.3 Å². The molecule has 0 aliphatic rings. The number of aromatic amines is 1. The molecule has 1 atom stereocenters. The van der Waals surface area contributed by atoms with Crippen LogP contribution in [0.4, 0.5) is 0 Å². The Morgan fingerprint density at radius 3 is 2.30 bits per heavy atom. The third-order valence-corrected chi connectivity index (χ3v) is 4.44. The fourth-order valence-electron chi connectivity index (χ4n) is 3.07. The number of hydrogen-bond acceptors (Lipinski definition) is 5. The van der Waals surface area contributed by atoms with Gasteiger partial charge in [0.2, 0.25) is 5.78 Å². The van der Waals surface area contributed by atoms with Crippen molar-refractivity contribution in [2.24, 2.45) is 0 Å². The van der Waals surface area contributed by atoms with Crippen LogP contribution in [0.3, 0.4) is 0 Å². The van der Waals surface area contributed by atoms with Crippen LogP contribution in [-0.4, -0.2) is 35.9 Å². The molecule has 1 aromatic heterocycles. The lowest BCUT2D eigenvalue weighted by atomic mass is 9.97. The van der Waals surface area contributed by atoms with Gasteiger partial charge in [-0.05, 0) is 38.3 Å². The second kappa shape index (κ2) is 9.16. The van der Waals surface area contributed by atoms with Gasteiger partial charge < -0.3 is 14.5 Å². The summed E-state index contributed by atoms with van der Waals surface area (Å²) in [7, 11) is 0. The molecule has 0 radical (unpaired) electrons. The third-order valence-electron chi connectivity index (χ3n) is 4.44. The highest BCUT2D eigenvalue weighted by molar-refractivity contribution is 6.02. The first kappa shape index (κ1) is 20.4. The maximum atomic E-state index is 12.5. The molecule has 0 aliphatic heterocycles. The zero-order chi connectivity index (χ0) is 20.0. The molecular weight excluding hydrogens is 346 g/mol. The Kier molecular flexibility index (Phi) is 6.93. The van der Waals surface area contributed by atoms with E-state index in [1.165, 1.54) is 0 Å². The van der Waals surface area contributed by atoms with E-state index in [2.05, 4.69) is 4.98 Å². The zero-order valence-corrected chi connectivity index (χ0v) is 16.1. The van der Waals surface area contributed by atoms with Crippen LogP contribution < -0.4 is 0 Å². The number of esters is 2. The summed E-state index contributed by atoms with van der Waals surface area (Å²) < 4.78 is 10.3. The molecule has 2 rings (SSSR count). The van der Waals surface area contributed by atoms with Gasteiger partial charge >= 0.3 is 11.9 Å². The van der Waals surface area contributed by atoms with Gasteiger partial charge in [0.15, 0.2) is 6.61 Å². The fourth-order valence-corrected chi connectivity index (χ4v) is 3.07. The van der Waals surface area contributed by atoms with Gasteiger partial charge in [-0.2, -0.15) is 0 Å². The Bertz CT molecular complexity index is 823. The summed E-state index contributed by atoms with van der Waals surface area (Å²) in [5, 5.41) is 0. The number of Topliss-reactive ketones (excluding diaryl/α,β-unsaturated/α-hetero) is 1. The van der Waals surface area contributed by atoms with E-state index in [0.717, 1.165) is 5.56 Å². The van der Waals surface area contributed by atoms with Crippen molar-refractivity contribution in [3.8, 4) is 0 Å². The number of ketones is 1.